The number of hydrogen-bond donors (Lipinski definition) is 1. The number of piperidine rings is 1. The molecule has 1 fully saturated rings. The minimum atomic E-state index is 0.299. The molecule has 1 heterocycles. The van der Waals surface area contributed by atoms with Crippen molar-refractivity contribution in [1.82, 2.24) is 10.2 Å². The lowest BCUT2D eigenvalue weighted by atomic mass is 9.92. The highest BCUT2D eigenvalue weighted by Gasteiger charge is 2.24. The van der Waals surface area contributed by atoms with Crippen LogP contribution in [0.5, 0.6) is 0 Å². The van der Waals surface area contributed by atoms with Gasteiger partial charge in [0.1, 0.15) is 0 Å². The van der Waals surface area contributed by atoms with Crippen LogP contribution in [0.1, 0.15) is 50.2 Å². The highest BCUT2D eigenvalue weighted by atomic mass is 16.2. The number of nitrogens with one attached hydrogen (secondary N) is 1. The molecule has 3 heteroatoms. The average molecular weight is 302 g/mol. The quantitative estimate of drug-likeness (QED) is 0.874. The highest BCUT2D eigenvalue weighted by Crippen LogP contribution is 2.24. The van der Waals surface area contributed by atoms with E-state index in [1.807, 2.05) is 0 Å². The fourth-order valence-electron chi connectivity index (χ4n) is 3.38. The molecule has 0 spiro atoms. The summed E-state index contributed by atoms with van der Waals surface area (Å²) in [6, 6.07) is 8.40. The Hall–Kier alpha value is -1.35. The molecule has 2 rings (SSSR count). The molecule has 1 aliphatic heterocycles. The van der Waals surface area contributed by atoms with Crippen LogP contribution in [-0.4, -0.2) is 37.0 Å². The molecule has 1 N–H and O–H groups in total. The summed E-state index contributed by atoms with van der Waals surface area (Å²) in [7, 11) is 0. The molecule has 0 bridgehead atoms. The Morgan fingerprint density at radius 1 is 1.32 bits per heavy atom. The predicted molar refractivity (Wildman–Crippen MR) is 92.1 cm³/mol. The molecule has 0 saturated carbocycles. The van der Waals surface area contributed by atoms with Crippen LogP contribution >= 0.6 is 0 Å². The van der Waals surface area contributed by atoms with Crippen molar-refractivity contribution in [2.24, 2.45) is 5.92 Å². The SMILES string of the molecule is CCNCC1CCN(C(=O)CC(C)c2ccccc2C)CC1. The van der Waals surface area contributed by atoms with Crippen LogP contribution in [0, 0.1) is 12.8 Å². The van der Waals surface area contributed by atoms with Gasteiger partial charge in [0.25, 0.3) is 0 Å². The summed E-state index contributed by atoms with van der Waals surface area (Å²) in [5.41, 5.74) is 2.59. The van der Waals surface area contributed by atoms with E-state index in [-0.39, 0.29) is 0 Å². The van der Waals surface area contributed by atoms with E-state index in [4.69, 9.17) is 0 Å². The van der Waals surface area contributed by atoms with Crippen LogP contribution < -0.4 is 5.32 Å². The molecule has 1 atom stereocenters. The second-order valence-electron chi connectivity index (χ2n) is 6.59. The predicted octanol–water partition coefficient (Wildman–Crippen LogP) is 3.34. The lowest BCUT2D eigenvalue weighted by molar-refractivity contribution is -0.132. The van der Waals surface area contributed by atoms with E-state index in [0.29, 0.717) is 18.2 Å². The average Bonchev–Trinajstić information content (AvgIpc) is 2.53. The molecule has 1 aliphatic rings. The van der Waals surface area contributed by atoms with Crippen LogP contribution in [0.2, 0.25) is 0 Å². The lowest BCUT2D eigenvalue weighted by Crippen LogP contribution is -2.41. The fourth-order valence-corrected chi connectivity index (χ4v) is 3.38. The molecule has 1 amide bonds. The normalized spacial score (nSPS) is 17.5. The van der Waals surface area contributed by atoms with E-state index in [0.717, 1.165) is 44.9 Å². The Balaban J connectivity index is 1.82. The van der Waals surface area contributed by atoms with Crippen molar-refractivity contribution in [3.05, 3.63) is 35.4 Å². The van der Waals surface area contributed by atoms with Crippen molar-refractivity contribution in [2.75, 3.05) is 26.2 Å². The maximum Gasteiger partial charge on any atom is 0.223 e. The minimum Gasteiger partial charge on any atom is -0.343 e. The summed E-state index contributed by atoms with van der Waals surface area (Å²) in [4.78, 5) is 14.6. The molecular formula is C19H30N2O. The van der Waals surface area contributed by atoms with Crippen molar-refractivity contribution >= 4 is 5.91 Å². The van der Waals surface area contributed by atoms with Gasteiger partial charge in [-0.3, -0.25) is 4.79 Å². The molecule has 0 radical (unpaired) electrons. The van der Waals surface area contributed by atoms with E-state index >= 15 is 0 Å². The first kappa shape index (κ1) is 17.0. The first-order valence-corrected chi connectivity index (χ1v) is 8.65. The molecular weight excluding hydrogens is 272 g/mol. The molecule has 1 unspecified atom stereocenters. The second-order valence-corrected chi connectivity index (χ2v) is 6.59. The van der Waals surface area contributed by atoms with E-state index in [2.05, 4.69) is 55.3 Å². The third-order valence-corrected chi connectivity index (χ3v) is 4.85. The number of amides is 1. The van der Waals surface area contributed by atoms with Gasteiger partial charge < -0.3 is 10.2 Å². The zero-order valence-corrected chi connectivity index (χ0v) is 14.3. The van der Waals surface area contributed by atoms with E-state index in [9.17, 15) is 4.79 Å². The van der Waals surface area contributed by atoms with Crippen LogP contribution in [0.25, 0.3) is 0 Å². The summed E-state index contributed by atoms with van der Waals surface area (Å²) >= 11 is 0. The standard InChI is InChI=1S/C19H30N2O/c1-4-20-14-17-9-11-21(12-10-17)19(22)13-16(3)18-8-6-5-7-15(18)2/h5-8,16-17,20H,4,9-14H2,1-3H3. The summed E-state index contributed by atoms with van der Waals surface area (Å²) < 4.78 is 0. The Bertz CT molecular complexity index is 478. The van der Waals surface area contributed by atoms with Gasteiger partial charge in [0, 0.05) is 19.5 Å². The lowest BCUT2D eigenvalue weighted by Gasteiger charge is -2.33. The molecule has 0 aromatic heterocycles. The summed E-state index contributed by atoms with van der Waals surface area (Å²) in [5.74, 6) is 1.35. The monoisotopic (exact) mass is 302 g/mol. The van der Waals surface area contributed by atoms with Crippen molar-refractivity contribution in [3.8, 4) is 0 Å². The first-order chi connectivity index (χ1) is 10.6. The Morgan fingerprint density at radius 2 is 2.00 bits per heavy atom. The number of benzene rings is 1. The second kappa shape index (κ2) is 8.33. The molecule has 3 nitrogen and oxygen atoms in total. The fraction of sp³-hybridized carbons (Fsp3) is 0.632. The highest BCUT2D eigenvalue weighted by molar-refractivity contribution is 5.77. The number of likely N-dealkylation sites (tertiary alicyclic amines) is 1. The van der Waals surface area contributed by atoms with Crippen LogP contribution in [0.3, 0.4) is 0 Å². The van der Waals surface area contributed by atoms with Gasteiger partial charge in [-0.05, 0) is 55.8 Å². The molecule has 1 aromatic rings. The van der Waals surface area contributed by atoms with Crippen LogP contribution in [-0.2, 0) is 4.79 Å². The van der Waals surface area contributed by atoms with Crippen molar-refractivity contribution in [1.29, 1.82) is 0 Å². The van der Waals surface area contributed by atoms with Gasteiger partial charge in [-0.25, -0.2) is 0 Å². The van der Waals surface area contributed by atoms with Gasteiger partial charge in [-0.15, -0.1) is 0 Å². The zero-order chi connectivity index (χ0) is 15.9. The van der Waals surface area contributed by atoms with Gasteiger partial charge in [0.2, 0.25) is 5.91 Å². The third kappa shape index (κ3) is 4.57. The number of aryl methyl sites for hydroxylation is 1. The minimum absolute atomic E-state index is 0.299. The Kier molecular flexibility index (Phi) is 6.44. The van der Waals surface area contributed by atoms with Crippen molar-refractivity contribution in [2.45, 2.75) is 46.0 Å². The first-order valence-electron chi connectivity index (χ1n) is 8.65. The smallest absolute Gasteiger partial charge is 0.223 e. The number of hydrogen-bond acceptors (Lipinski definition) is 2. The maximum absolute atomic E-state index is 12.5. The number of rotatable bonds is 6. The van der Waals surface area contributed by atoms with Gasteiger partial charge in [0.05, 0.1) is 0 Å². The maximum atomic E-state index is 12.5. The largest absolute Gasteiger partial charge is 0.343 e. The number of nitrogens with zero attached hydrogens (tertiary/aromatic N) is 1. The van der Waals surface area contributed by atoms with Gasteiger partial charge in [-0.1, -0.05) is 38.1 Å². The summed E-state index contributed by atoms with van der Waals surface area (Å²) in [6.45, 7) is 10.4. The molecule has 122 valence electrons. The van der Waals surface area contributed by atoms with Crippen molar-refractivity contribution in [3.63, 3.8) is 0 Å². The Labute approximate surface area is 135 Å². The number of carbonyl (C=O) groups is 1. The van der Waals surface area contributed by atoms with Crippen LogP contribution in [0.15, 0.2) is 24.3 Å². The Morgan fingerprint density at radius 3 is 2.64 bits per heavy atom. The van der Waals surface area contributed by atoms with Crippen molar-refractivity contribution < 1.29 is 4.79 Å². The van der Waals surface area contributed by atoms with E-state index in [1.54, 1.807) is 0 Å². The molecule has 1 saturated heterocycles. The zero-order valence-electron chi connectivity index (χ0n) is 14.3. The van der Waals surface area contributed by atoms with E-state index < -0.39 is 0 Å². The van der Waals surface area contributed by atoms with Gasteiger partial charge >= 0.3 is 0 Å². The molecule has 0 aliphatic carbocycles. The van der Waals surface area contributed by atoms with Gasteiger partial charge in [0.15, 0.2) is 0 Å². The topological polar surface area (TPSA) is 32.3 Å². The third-order valence-electron chi connectivity index (χ3n) is 4.85. The summed E-state index contributed by atoms with van der Waals surface area (Å²) in [5, 5.41) is 3.42. The van der Waals surface area contributed by atoms with Gasteiger partial charge in [-0.2, -0.15) is 0 Å². The van der Waals surface area contributed by atoms with Crippen LogP contribution in [0.4, 0.5) is 0 Å². The number of carbonyl (C=O) groups excluding carboxylic acids is 1. The van der Waals surface area contributed by atoms with E-state index in [1.165, 1.54) is 11.1 Å². The summed E-state index contributed by atoms with van der Waals surface area (Å²) in [6.07, 6.45) is 2.90. The molecule has 1 aromatic carbocycles. The molecule has 22 heavy (non-hydrogen) atoms.